The molecule has 0 spiro atoms. The van der Waals surface area contributed by atoms with E-state index in [9.17, 15) is 10.5 Å². The van der Waals surface area contributed by atoms with Gasteiger partial charge in [-0.15, -0.1) is 0 Å². The predicted octanol–water partition coefficient (Wildman–Crippen LogP) is 3.96. The van der Waals surface area contributed by atoms with Crippen molar-refractivity contribution in [1.82, 2.24) is 5.01 Å². The molecule has 1 heterocycles. The van der Waals surface area contributed by atoms with Crippen molar-refractivity contribution >= 4 is 11.4 Å². The topological polar surface area (TPSA) is 54.1 Å². The summed E-state index contributed by atoms with van der Waals surface area (Å²) in [6.07, 6.45) is 2.22. The molecule has 4 nitrogen and oxygen atoms in total. The second-order valence-electron chi connectivity index (χ2n) is 5.62. The molecule has 4 heteroatoms. The monoisotopic (exact) mass is 314 g/mol. The minimum atomic E-state index is 0.122. The van der Waals surface area contributed by atoms with Crippen LogP contribution in [0.4, 0.5) is 5.69 Å². The van der Waals surface area contributed by atoms with Crippen molar-refractivity contribution in [3.8, 4) is 12.1 Å². The maximum absolute atomic E-state index is 9.52. The van der Waals surface area contributed by atoms with Crippen LogP contribution >= 0.6 is 0 Å². The van der Waals surface area contributed by atoms with Crippen molar-refractivity contribution in [3.63, 3.8) is 0 Å². The van der Waals surface area contributed by atoms with Gasteiger partial charge in [-0.05, 0) is 25.0 Å². The molecule has 0 atom stereocenters. The highest BCUT2D eigenvalue weighted by molar-refractivity contribution is 5.84. The number of nitriles is 2. The summed E-state index contributed by atoms with van der Waals surface area (Å²) in [5.41, 5.74) is 2.60. The second kappa shape index (κ2) is 7.46. The van der Waals surface area contributed by atoms with Gasteiger partial charge in [-0.2, -0.15) is 10.5 Å². The Balaban J connectivity index is 2.20. The van der Waals surface area contributed by atoms with E-state index in [1.807, 2.05) is 65.7 Å². The first-order chi connectivity index (χ1) is 11.8. The first kappa shape index (κ1) is 15.8. The summed E-state index contributed by atoms with van der Waals surface area (Å²) < 4.78 is 0. The average molecular weight is 314 g/mol. The van der Waals surface area contributed by atoms with Crippen molar-refractivity contribution in [2.45, 2.75) is 12.8 Å². The number of benzene rings is 2. The minimum Gasteiger partial charge on any atom is -0.272 e. The molecule has 0 N–H and O–H groups in total. The number of allylic oxidation sites excluding steroid dienone is 1. The van der Waals surface area contributed by atoms with E-state index in [1.54, 1.807) is 0 Å². The summed E-state index contributed by atoms with van der Waals surface area (Å²) in [6.45, 7) is 1.82. The van der Waals surface area contributed by atoms with E-state index < -0.39 is 0 Å². The van der Waals surface area contributed by atoms with Crippen LogP contribution in [0.25, 0.3) is 5.70 Å². The smallest absolute Gasteiger partial charge is 0.155 e. The lowest BCUT2D eigenvalue weighted by Gasteiger charge is -2.35. The van der Waals surface area contributed by atoms with Crippen LogP contribution in [-0.4, -0.2) is 18.1 Å². The first-order valence-corrected chi connectivity index (χ1v) is 8.05. The van der Waals surface area contributed by atoms with Crippen LogP contribution in [0.3, 0.4) is 0 Å². The van der Waals surface area contributed by atoms with Gasteiger partial charge >= 0.3 is 0 Å². The summed E-state index contributed by atoms with van der Waals surface area (Å²) in [5, 5.41) is 23.3. The maximum atomic E-state index is 9.52. The first-order valence-electron chi connectivity index (χ1n) is 8.05. The van der Waals surface area contributed by atoms with Crippen LogP contribution < -0.4 is 5.01 Å². The fraction of sp³-hybridized carbons (Fsp3) is 0.200. The Hall–Kier alpha value is -3.08. The largest absolute Gasteiger partial charge is 0.272 e. The van der Waals surface area contributed by atoms with Gasteiger partial charge < -0.3 is 0 Å². The molecule has 0 radical (unpaired) electrons. The van der Waals surface area contributed by atoms with Gasteiger partial charge in [-0.3, -0.25) is 5.01 Å². The van der Waals surface area contributed by atoms with Crippen molar-refractivity contribution in [2.24, 2.45) is 0 Å². The van der Waals surface area contributed by atoms with Gasteiger partial charge in [0.25, 0.3) is 0 Å². The van der Waals surface area contributed by atoms with E-state index in [-0.39, 0.29) is 5.57 Å². The molecule has 0 saturated carbocycles. The predicted molar refractivity (Wildman–Crippen MR) is 94.3 cm³/mol. The van der Waals surface area contributed by atoms with Crippen molar-refractivity contribution < 1.29 is 0 Å². The summed E-state index contributed by atoms with van der Waals surface area (Å²) in [7, 11) is 0. The fourth-order valence-corrected chi connectivity index (χ4v) is 3.00. The maximum Gasteiger partial charge on any atom is 0.155 e. The number of hydrogen-bond acceptors (Lipinski definition) is 4. The van der Waals surface area contributed by atoms with Crippen molar-refractivity contribution in [3.05, 3.63) is 71.8 Å². The van der Waals surface area contributed by atoms with Crippen molar-refractivity contribution in [1.29, 1.82) is 10.5 Å². The summed E-state index contributed by atoms with van der Waals surface area (Å²) in [6, 6.07) is 23.7. The lowest BCUT2D eigenvalue weighted by atomic mass is 10.1. The highest BCUT2D eigenvalue weighted by Gasteiger charge is 2.26. The van der Waals surface area contributed by atoms with Gasteiger partial charge in [0.05, 0.1) is 11.4 Å². The van der Waals surface area contributed by atoms with Crippen LogP contribution in [0, 0.1) is 22.7 Å². The third-order valence-electron chi connectivity index (χ3n) is 4.09. The SMILES string of the molecule is N#CC(C#N)=C(c1ccccc1)N(c1ccccc1)N1CCCC1. The molecule has 2 aromatic carbocycles. The van der Waals surface area contributed by atoms with E-state index >= 15 is 0 Å². The zero-order chi connectivity index (χ0) is 16.8. The van der Waals surface area contributed by atoms with Gasteiger partial charge in [0.2, 0.25) is 0 Å². The summed E-state index contributed by atoms with van der Waals surface area (Å²) in [4.78, 5) is 0. The molecule has 1 aliphatic heterocycles. The molecule has 0 amide bonds. The van der Waals surface area contributed by atoms with E-state index in [0.29, 0.717) is 5.70 Å². The molecule has 1 aliphatic rings. The quantitative estimate of drug-likeness (QED) is 0.802. The number of para-hydroxylation sites is 1. The summed E-state index contributed by atoms with van der Waals surface area (Å²) >= 11 is 0. The van der Waals surface area contributed by atoms with Gasteiger partial charge in [0.1, 0.15) is 12.1 Å². The average Bonchev–Trinajstić information content (AvgIpc) is 3.17. The summed E-state index contributed by atoms with van der Waals surface area (Å²) in [5.74, 6) is 0. The molecule has 2 aromatic rings. The van der Waals surface area contributed by atoms with E-state index in [1.165, 1.54) is 0 Å². The third kappa shape index (κ3) is 3.15. The Labute approximate surface area is 142 Å². The molecular weight excluding hydrogens is 296 g/mol. The number of nitrogens with zero attached hydrogens (tertiary/aromatic N) is 4. The third-order valence-corrected chi connectivity index (χ3v) is 4.09. The van der Waals surface area contributed by atoms with Crippen LogP contribution in [0.15, 0.2) is 66.2 Å². The lowest BCUT2D eigenvalue weighted by molar-refractivity contribution is 0.348. The molecule has 0 unspecified atom stereocenters. The van der Waals surface area contributed by atoms with Gasteiger partial charge in [-0.1, -0.05) is 48.5 Å². The molecule has 1 fully saturated rings. The zero-order valence-corrected chi connectivity index (χ0v) is 13.4. The number of hydrazine groups is 1. The van der Waals surface area contributed by atoms with E-state index in [2.05, 4.69) is 17.1 Å². The number of hydrogen-bond donors (Lipinski definition) is 0. The zero-order valence-electron chi connectivity index (χ0n) is 13.4. The van der Waals surface area contributed by atoms with Crippen LogP contribution in [0.2, 0.25) is 0 Å². The molecule has 3 rings (SSSR count). The second-order valence-corrected chi connectivity index (χ2v) is 5.62. The molecule has 1 saturated heterocycles. The van der Waals surface area contributed by atoms with E-state index in [4.69, 9.17) is 0 Å². The molecule has 0 aromatic heterocycles. The number of rotatable bonds is 4. The van der Waals surface area contributed by atoms with E-state index in [0.717, 1.165) is 37.2 Å². The highest BCUT2D eigenvalue weighted by Crippen LogP contribution is 2.32. The standard InChI is InChI=1S/C20H18N4/c21-15-18(16-22)20(17-9-3-1-4-10-17)24(23-13-7-8-14-23)19-11-5-2-6-12-19/h1-6,9-12H,7-8,13-14H2. The molecular formula is C20H18N4. The molecule has 24 heavy (non-hydrogen) atoms. The molecule has 0 aliphatic carbocycles. The Morgan fingerprint density at radius 1 is 0.833 bits per heavy atom. The Kier molecular flexibility index (Phi) is 4.91. The Bertz CT molecular complexity index is 775. The molecule has 118 valence electrons. The molecule has 0 bridgehead atoms. The van der Waals surface area contributed by atoms with Crippen molar-refractivity contribution in [2.75, 3.05) is 18.1 Å². The minimum absolute atomic E-state index is 0.122. The normalized spacial score (nSPS) is 13.8. The van der Waals surface area contributed by atoms with Gasteiger partial charge in [-0.25, -0.2) is 5.01 Å². The fourth-order valence-electron chi connectivity index (χ4n) is 3.00. The number of anilines is 1. The van der Waals surface area contributed by atoms with Crippen LogP contribution in [-0.2, 0) is 0 Å². The highest BCUT2D eigenvalue weighted by atomic mass is 15.6. The van der Waals surface area contributed by atoms with Crippen LogP contribution in [0.1, 0.15) is 18.4 Å². The Morgan fingerprint density at radius 2 is 1.38 bits per heavy atom. The lowest BCUT2D eigenvalue weighted by Crippen LogP contribution is -2.40. The Morgan fingerprint density at radius 3 is 1.92 bits per heavy atom. The van der Waals surface area contributed by atoms with Gasteiger partial charge in [0.15, 0.2) is 5.57 Å². The van der Waals surface area contributed by atoms with Gasteiger partial charge in [0, 0.05) is 18.7 Å². The van der Waals surface area contributed by atoms with Crippen LogP contribution in [0.5, 0.6) is 0 Å².